The van der Waals surface area contributed by atoms with Crippen LogP contribution in [0.15, 0.2) is 29.4 Å². The Labute approximate surface area is 195 Å². The summed E-state index contributed by atoms with van der Waals surface area (Å²) in [4.78, 5) is 25.4. The first-order chi connectivity index (χ1) is 15.3. The van der Waals surface area contributed by atoms with Crippen LogP contribution in [0.3, 0.4) is 0 Å². The molecule has 2 aromatic heterocycles. The summed E-state index contributed by atoms with van der Waals surface area (Å²) < 4.78 is 12.4. The fourth-order valence-corrected chi connectivity index (χ4v) is 4.54. The highest BCUT2D eigenvalue weighted by Gasteiger charge is 2.19. The Balaban J connectivity index is 1.58. The van der Waals surface area contributed by atoms with Crippen molar-refractivity contribution in [2.24, 2.45) is 7.05 Å². The van der Waals surface area contributed by atoms with Gasteiger partial charge in [0.1, 0.15) is 17.4 Å². The van der Waals surface area contributed by atoms with Crippen LogP contribution in [0, 0.1) is 13.8 Å². The predicted molar refractivity (Wildman–Crippen MR) is 126 cm³/mol. The summed E-state index contributed by atoms with van der Waals surface area (Å²) in [6.07, 6.45) is 0.769. The summed E-state index contributed by atoms with van der Waals surface area (Å²) in [6.45, 7) is 6.36. The van der Waals surface area contributed by atoms with Gasteiger partial charge in [0, 0.05) is 11.9 Å². The Hall–Kier alpha value is -2.85. The van der Waals surface area contributed by atoms with E-state index in [1.807, 2.05) is 39.1 Å². The summed E-state index contributed by atoms with van der Waals surface area (Å²) in [5.41, 5.74) is 2.74. The largest absolute Gasteiger partial charge is 0.486 e. The molecule has 1 N–H and O–H groups in total. The summed E-state index contributed by atoms with van der Waals surface area (Å²) in [5.74, 6) is 0.855. The number of aromatic nitrogens is 3. The molecule has 170 valence electrons. The Morgan fingerprint density at radius 1 is 1.19 bits per heavy atom. The number of thioether (sulfide) groups is 1. The molecule has 32 heavy (non-hydrogen) atoms. The Morgan fingerprint density at radius 2 is 1.97 bits per heavy atom. The highest BCUT2D eigenvalue weighted by molar-refractivity contribution is 7.99. The quantitative estimate of drug-likeness (QED) is 0.368. The third kappa shape index (κ3) is 5.68. The van der Waals surface area contributed by atoms with Gasteiger partial charge in [0.15, 0.2) is 11.0 Å². The van der Waals surface area contributed by atoms with Gasteiger partial charge >= 0.3 is 5.97 Å². The predicted octanol–water partition coefficient (Wildman–Crippen LogP) is 4.15. The molecule has 0 bridgehead atoms. The minimum atomic E-state index is -0.467. The van der Waals surface area contributed by atoms with E-state index in [-0.39, 0.29) is 18.3 Å². The molecule has 2 heterocycles. The number of thiophene rings is 1. The Morgan fingerprint density at radius 3 is 2.66 bits per heavy atom. The normalized spacial score (nSPS) is 10.8. The molecule has 0 aliphatic rings. The molecule has 0 fully saturated rings. The number of amides is 1. The van der Waals surface area contributed by atoms with Crippen LogP contribution in [-0.4, -0.2) is 39.5 Å². The summed E-state index contributed by atoms with van der Waals surface area (Å²) in [5, 5.41) is 12.2. The van der Waals surface area contributed by atoms with Crippen LogP contribution in [0.1, 0.15) is 39.1 Å². The van der Waals surface area contributed by atoms with Crippen molar-refractivity contribution in [2.45, 2.75) is 39.0 Å². The molecular weight excluding hydrogens is 448 g/mol. The maximum absolute atomic E-state index is 12.5. The molecule has 0 unspecified atom stereocenters. The van der Waals surface area contributed by atoms with Gasteiger partial charge in [-0.05, 0) is 49.6 Å². The number of ether oxygens (including phenoxy) is 2. The molecule has 0 saturated heterocycles. The number of nitrogens with zero attached hydrogens (tertiary/aromatic N) is 3. The van der Waals surface area contributed by atoms with Crippen molar-refractivity contribution in [3.63, 3.8) is 0 Å². The van der Waals surface area contributed by atoms with E-state index in [0.29, 0.717) is 21.5 Å². The minimum absolute atomic E-state index is 0.129. The molecule has 1 amide bonds. The molecule has 0 aliphatic heterocycles. The molecule has 0 atom stereocenters. The number of rotatable bonds is 9. The number of carbonyl (C=O) groups excluding carboxylic acids is 2. The monoisotopic (exact) mass is 474 g/mol. The lowest BCUT2D eigenvalue weighted by Gasteiger charge is -2.08. The SMILES string of the molecule is CCc1cc(C(=O)OC)c(NC(=O)CSc2nnc(COc3ccc(C)c(C)c3)n2C)s1. The van der Waals surface area contributed by atoms with Crippen LogP contribution in [-0.2, 0) is 29.6 Å². The number of anilines is 1. The third-order valence-corrected chi connectivity index (χ3v) is 7.11. The van der Waals surface area contributed by atoms with Crippen LogP contribution in [0.5, 0.6) is 5.75 Å². The Kier molecular flexibility index (Phi) is 7.92. The van der Waals surface area contributed by atoms with Gasteiger partial charge in [-0.25, -0.2) is 4.79 Å². The van der Waals surface area contributed by atoms with Crippen molar-refractivity contribution < 1.29 is 19.1 Å². The molecule has 0 aliphatic carbocycles. The van der Waals surface area contributed by atoms with Gasteiger partial charge in [0.05, 0.1) is 18.4 Å². The smallest absolute Gasteiger partial charge is 0.340 e. The number of aryl methyl sites for hydroxylation is 3. The number of hydrogen-bond acceptors (Lipinski definition) is 8. The average molecular weight is 475 g/mol. The van der Waals surface area contributed by atoms with Crippen LogP contribution >= 0.6 is 23.1 Å². The van der Waals surface area contributed by atoms with Gasteiger partial charge in [0.25, 0.3) is 0 Å². The second kappa shape index (κ2) is 10.6. The number of hydrogen-bond donors (Lipinski definition) is 1. The van der Waals surface area contributed by atoms with Crippen LogP contribution < -0.4 is 10.1 Å². The van der Waals surface area contributed by atoms with E-state index in [0.717, 1.165) is 22.6 Å². The number of methoxy groups -OCH3 is 1. The van der Waals surface area contributed by atoms with Crippen molar-refractivity contribution >= 4 is 40.0 Å². The van der Waals surface area contributed by atoms with Crippen molar-refractivity contribution in [3.05, 3.63) is 51.7 Å². The average Bonchev–Trinajstić information content (AvgIpc) is 3.35. The van der Waals surface area contributed by atoms with Gasteiger partial charge < -0.3 is 19.4 Å². The summed E-state index contributed by atoms with van der Waals surface area (Å²) >= 11 is 2.64. The first-order valence-electron chi connectivity index (χ1n) is 10.0. The summed E-state index contributed by atoms with van der Waals surface area (Å²) in [7, 11) is 3.16. The zero-order valence-electron chi connectivity index (χ0n) is 18.7. The zero-order chi connectivity index (χ0) is 23.3. The van der Waals surface area contributed by atoms with Gasteiger partial charge in [-0.3, -0.25) is 4.79 Å². The Bertz CT molecular complexity index is 1120. The van der Waals surface area contributed by atoms with Crippen LogP contribution in [0.2, 0.25) is 0 Å². The van der Waals surface area contributed by atoms with E-state index >= 15 is 0 Å². The molecular formula is C22H26N4O4S2. The van der Waals surface area contributed by atoms with Crippen molar-refractivity contribution in [3.8, 4) is 5.75 Å². The number of benzene rings is 1. The molecule has 10 heteroatoms. The molecule has 8 nitrogen and oxygen atoms in total. The molecule has 0 saturated carbocycles. The van der Waals surface area contributed by atoms with E-state index in [1.54, 1.807) is 10.6 Å². The lowest BCUT2D eigenvalue weighted by Crippen LogP contribution is -2.16. The lowest BCUT2D eigenvalue weighted by atomic mass is 10.1. The topological polar surface area (TPSA) is 95.3 Å². The van der Waals surface area contributed by atoms with Crippen molar-refractivity contribution in [1.29, 1.82) is 0 Å². The highest BCUT2D eigenvalue weighted by Crippen LogP contribution is 2.29. The van der Waals surface area contributed by atoms with Crippen LogP contribution in [0.4, 0.5) is 5.00 Å². The molecule has 3 rings (SSSR count). The van der Waals surface area contributed by atoms with Crippen molar-refractivity contribution in [1.82, 2.24) is 14.8 Å². The molecule has 0 spiro atoms. The van der Waals surface area contributed by atoms with E-state index in [1.165, 1.54) is 35.8 Å². The van der Waals surface area contributed by atoms with E-state index in [2.05, 4.69) is 22.4 Å². The lowest BCUT2D eigenvalue weighted by molar-refractivity contribution is -0.113. The maximum Gasteiger partial charge on any atom is 0.340 e. The second-order valence-corrected chi connectivity index (χ2v) is 9.21. The fourth-order valence-electron chi connectivity index (χ4n) is 2.81. The van der Waals surface area contributed by atoms with E-state index in [9.17, 15) is 9.59 Å². The highest BCUT2D eigenvalue weighted by atomic mass is 32.2. The first-order valence-corrected chi connectivity index (χ1v) is 11.8. The van der Waals surface area contributed by atoms with Crippen LogP contribution in [0.25, 0.3) is 0 Å². The number of carbonyl (C=O) groups is 2. The van der Waals surface area contributed by atoms with Crippen molar-refractivity contribution in [2.75, 3.05) is 18.2 Å². The fraction of sp³-hybridized carbons (Fsp3) is 0.364. The maximum atomic E-state index is 12.5. The molecule has 3 aromatic rings. The number of nitrogens with one attached hydrogen (secondary N) is 1. The number of esters is 1. The van der Waals surface area contributed by atoms with E-state index in [4.69, 9.17) is 9.47 Å². The van der Waals surface area contributed by atoms with E-state index < -0.39 is 5.97 Å². The van der Waals surface area contributed by atoms with Gasteiger partial charge in [-0.15, -0.1) is 21.5 Å². The van der Waals surface area contributed by atoms with Gasteiger partial charge in [0.2, 0.25) is 5.91 Å². The van der Waals surface area contributed by atoms with Gasteiger partial charge in [-0.1, -0.05) is 24.8 Å². The first kappa shape index (κ1) is 23.8. The zero-order valence-corrected chi connectivity index (χ0v) is 20.4. The minimum Gasteiger partial charge on any atom is -0.486 e. The summed E-state index contributed by atoms with van der Waals surface area (Å²) in [6, 6.07) is 7.69. The standard InChI is InChI=1S/C22H26N4O4S2/c1-6-16-10-17(21(28)29-5)20(32-16)23-19(27)12-31-22-25-24-18(26(22)4)11-30-15-8-7-13(2)14(3)9-15/h7-10H,6,11-12H2,1-5H3,(H,23,27). The van der Waals surface area contributed by atoms with Gasteiger partial charge in [-0.2, -0.15) is 0 Å². The second-order valence-electron chi connectivity index (χ2n) is 7.13. The third-order valence-electron chi connectivity index (χ3n) is 4.89. The molecule has 1 aromatic carbocycles. The molecule has 0 radical (unpaired) electrons.